The number of anilines is 1. The van der Waals surface area contributed by atoms with Gasteiger partial charge in [-0.25, -0.2) is 9.69 Å². The molecule has 6 heteroatoms. The molecular weight excluding hydrogens is 406 g/mol. The average Bonchev–Trinajstić information content (AvgIpc) is 3.10. The van der Waals surface area contributed by atoms with Gasteiger partial charge in [0.1, 0.15) is 0 Å². The van der Waals surface area contributed by atoms with Crippen LogP contribution in [0, 0.1) is 11.8 Å². The molecule has 158 valence electrons. The molecule has 7 rings (SSSR count). The van der Waals surface area contributed by atoms with Crippen molar-refractivity contribution in [2.75, 3.05) is 11.5 Å². The Balaban J connectivity index is 1.58. The molecule has 6 nitrogen and oxygen atoms in total. The number of aliphatic hydroxyl groups excluding tert-OH is 1. The Hall–Kier alpha value is -3.77. The second-order valence-corrected chi connectivity index (χ2v) is 8.65. The quantitative estimate of drug-likeness (QED) is 0.630. The zero-order chi connectivity index (χ0) is 22.2. The van der Waals surface area contributed by atoms with E-state index in [0.717, 1.165) is 22.3 Å². The van der Waals surface area contributed by atoms with Crippen molar-refractivity contribution in [3.05, 3.63) is 101 Å². The number of carboxylic acid groups (broad SMARTS) is 1. The van der Waals surface area contributed by atoms with Crippen molar-refractivity contribution in [1.29, 1.82) is 0 Å². The summed E-state index contributed by atoms with van der Waals surface area (Å²) in [5.74, 6) is -3.37. The van der Waals surface area contributed by atoms with Crippen molar-refractivity contribution in [3.8, 4) is 0 Å². The third-order valence-corrected chi connectivity index (χ3v) is 7.42. The van der Waals surface area contributed by atoms with Gasteiger partial charge in [-0.05, 0) is 46.5 Å². The minimum Gasteiger partial charge on any atom is -0.478 e. The van der Waals surface area contributed by atoms with E-state index in [0.29, 0.717) is 5.69 Å². The third-order valence-electron chi connectivity index (χ3n) is 7.42. The van der Waals surface area contributed by atoms with Gasteiger partial charge in [-0.3, -0.25) is 9.59 Å². The summed E-state index contributed by atoms with van der Waals surface area (Å²) in [6.07, 6.45) is 0. The number of imide groups is 1. The number of carboxylic acids is 1. The lowest BCUT2D eigenvalue weighted by Crippen LogP contribution is -2.55. The molecule has 3 aromatic carbocycles. The van der Waals surface area contributed by atoms with Crippen LogP contribution < -0.4 is 4.90 Å². The first-order valence-electron chi connectivity index (χ1n) is 10.5. The molecule has 3 aliphatic carbocycles. The molecule has 2 N–H and O–H groups in total. The van der Waals surface area contributed by atoms with Crippen LogP contribution in [0.5, 0.6) is 0 Å². The minimum atomic E-state index is -1.08. The van der Waals surface area contributed by atoms with E-state index < -0.39 is 23.2 Å². The highest BCUT2D eigenvalue weighted by molar-refractivity contribution is 6.23. The van der Waals surface area contributed by atoms with Crippen LogP contribution in [0.3, 0.4) is 0 Å². The largest absolute Gasteiger partial charge is 0.478 e. The van der Waals surface area contributed by atoms with Crippen LogP contribution in [0.25, 0.3) is 0 Å². The summed E-state index contributed by atoms with van der Waals surface area (Å²) in [5.41, 5.74) is 3.18. The Kier molecular flexibility index (Phi) is 3.77. The summed E-state index contributed by atoms with van der Waals surface area (Å²) in [6.45, 7) is -0.292. The van der Waals surface area contributed by atoms with Crippen molar-refractivity contribution in [2.24, 2.45) is 11.8 Å². The van der Waals surface area contributed by atoms with Gasteiger partial charge in [0.05, 0.1) is 35.1 Å². The van der Waals surface area contributed by atoms with Crippen LogP contribution in [0.1, 0.15) is 38.5 Å². The second kappa shape index (κ2) is 6.37. The van der Waals surface area contributed by atoms with Gasteiger partial charge in [-0.15, -0.1) is 0 Å². The number of hydrogen-bond acceptors (Lipinski definition) is 4. The van der Waals surface area contributed by atoms with E-state index >= 15 is 0 Å². The SMILES string of the molecule is O=C(O)c1ccc(N2C(=O)[C@@H]3C4c5ccccc5C(CO)(c5ccccc54)[C@@H]3C2=O)cc1. The number of hydrogen-bond donors (Lipinski definition) is 2. The molecule has 3 aromatic rings. The Morgan fingerprint density at radius 2 is 1.41 bits per heavy atom. The van der Waals surface area contributed by atoms with E-state index in [9.17, 15) is 24.6 Å². The van der Waals surface area contributed by atoms with Crippen molar-refractivity contribution >= 4 is 23.5 Å². The lowest BCUT2D eigenvalue weighted by Gasteiger charge is -2.53. The number of aliphatic hydroxyl groups is 1. The van der Waals surface area contributed by atoms with Crippen molar-refractivity contribution in [2.45, 2.75) is 11.3 Å². The number of nitrogens with zero attached hydrogens (tertiary/aromatic N) is 1. The highest BCUT2D eigenvalue weighted by Crippen LogP contribution is 2.64. The minimum absolute atomic E-state index is 0.0805. The molecule has 2 atom stereocenters. The number of benzene rings is 3. The fourth-order valence-corrected chi connectivity index (χ4v) is 6.21. The van der Waals surface area contributed by atoms with Gasteiger partial charge in [-0.2, -0.15) is 0 Å². The molecule has 1 heterocycles. The zero-order valence-corrected chi connectivity index (χ0v) is 16.9. The van der Waals surface area contributed by atoms with E-state index in [1.54, 1.807) is 0 Å². The van der Waals surface area contributed by atoms with Crippen LogP contribution in [-0.4, -0.2) is 34.6 Å². The number of amides is 2. The predicted molar refractivity (Wildman–Crippen MR) is 115 cm³/mol. The summed E-state index contributed by atoms with van der Waals surface area (Å²) in [7, 11) is 0. The molecule has 0 unspecified atom stereocenters. The van der Waals surface area contributed by atoms with Gasteiger partial charge in [0, 0.05) is 5.92 Å². The molecule has 4 aliphatic rings. The normalized spacial score (nSPS) is 27.2. The van der Waals surface area contributed by atoms with E-state index in [1.165, 1.54) is 29.2 Å². The zero-order valence-electron chi connectivity index (χ0n) is 16.9. The Bertz CT molecular complexity index is 1260. The Morgan fingerprint density at radius 1 is 0.844 bits per heavy atom. The molecule has 0 saturated carbocycles. The molecule has 2 bridgehead atoms. The first kappa shape index (κ1) is 19.0. The van der Waals surface area contributed by atoms with Gasteiger partial charge in [0.2, 0.25) is 11.8 Å². The third kappa shape index (κ3) is 2.10. The average molecular weight is 425 g/mol. The molecule has 1 aliphatic heterocycles. The van der Waals surface area contributed by atoms with E-state index in [2.05, 4.69) is 0 Å². The van der Waals surface area contributed by atoms with Crippen LogP contribution in [-0.2, 0) is 15.0 Å². The maximum atomic E-state index is 13.8. The number of rotatable bonds is 3. The summed E-state index contributed by atoms with van der Waals surface area (Å²) in [5, 5.41) is 20.0. The van der Waals surface area contributed by atoms with Crippen molar-refractivity contribution < 1.29 is 24.6 Å². The van der Waals surface area contributed by atoms with Crippen LogP contribution in [0.2, 0.25) is 0 Å². The van der Waals surface area contributed by atoms with Crippen LogP contribution in [0.15, 0.2) is 72.8 Å². The van der Waals surface area contributed by atoms with Crippen LogP contribution >= 0.6 is 0 Å². The molecular formula is C26H19NO5. The topological polar surface area (TPSA) is 94.9 Å². The maximum absolute atomic E-state index is 13.8. The summed E-state index contributed by atoms with van der Waals surface area (Å²) in [6, 6.07) is 21.3. The number of aromatic carboxylic acids is 1. The predicted octanol–water partition coefficient (Wildman–Crippen LogP) is 2.93. The van der Waals surface area contributed by atoms with E-state index in [-0.39, 0.29) is 29.9 Å². The molecule has 0 aromatic heterocycles. The van der Waals surface area contributed by atoms with E-state index in [4.69, 9.17) is 0 Å². The molecule has 32 heavy (non-hydrogen) atoms. The molecule has 1 saturated heterocycles. The molecule has 0 spiro atoms. The fourth-order valence-electron chi connectivity index (χ4n) is 6.21. The molecule has 2 amide bonds. The fraction of sp³-hybridized carbons (Fsp3) is 0.192. The number of carbonyl (C=O) groups excluding carboxylic acids is 2. The maximum Gasteiger partial charge on any atom is 0.335 e. The highest BCUT2D eigenvalue weighted by Gasteiger charge is 2.68. The van der Waals surface area contributed by atoms with Crippen molar-refractivity contribution in [1.82, 2.24) is 0 Å². The van der Waals surface area contributed by atoms with Gasteiger partial charge < -0.3 is 10.2 Å². The van der Waals surface area contributed by atoms with Crippen molar-refractivity contribution in [3.63, 3.8) is 0 Å². The van der Waals surface area contributed by atoms with Gasteiger partial charge >= 0.3 is 5.97 Å². The standard InChI is InChI=1S/C26H19NO5/c28-13-26-18-7-3-1-5-16(18)20(17-6-2-4-8-19(17)26)21-22(26)24(30)27(23(21)29)15-11-9-14(10-12-15)25(31)32/h1-12,20-22,28H,13H2,(H,31,32)/t20?,21-,22+,26?/m1/s1. The van der Waals surface area contributed by atoms with E-state index in [1.807, 2.05) is 48.5 Å². The smallest absolute Gasteiger partial charge is 0.335 e. The number of carbonyl (C=O) groups is 3. The van der Waals surface area contributed by atoms with Crippen LogP contribution in [0.4, 0.5) is 5.69 Å². The Labute approximate surface area is 183 Å². The Morgan fingerprint density at radius 3 is 1.94 bits per heavy atom. The van der Waals surface area contributed by atoms with Gasteiger partial charge in [-0.1, -0.05) is 48.5 Å². The summed E-state index contributed by atoms with van der Waals surface area (Å²) >= 11 is 0. The second-order valence-electron chi connectivity index (χ2n) is 8.65. The van der Waals surface area contributed by atoms with Gasteiger partial charge in [0.15, 0.2) is 0 Å². The summed E-state index contributed by atoms with van der Waals surface area (Å²) < 4.78 is 0. The monoisotopic (exact) mass is 425 g/mol. The lowest BCUT2D eigenvalue weighted by atomic mass is 9.47. The highest BCUT2D eigenvalue weighted by atomic mass is 16.4. The lowest BCUT2D eigenvalue weighted by molar-refractivity contribution is -0.124. The first-order chi connectivity index (χ1) is 15.5. The summed E-state index contributed by atoms with van der Waals surface area (Å²) in [4.78, 5) is 40.0. The van der Waals surface area contributed by atoms with Gasteiger partial charge in [0.25, 0.3) is 0 Å². The molecule has 1 fully saturated rings. The molecule has 0 radical (unpaired) electrons. The first-order valence-corrected chi connectivity index (χ1v) is 10.5.